The Morgan fingerprint density at radius 3 is 2.60 bits per heavy atom. The molecule has 1 aliphatic rings. The summed E-state index contributed by atoms with van der Waals surface area (Å²) in [7, 11) is -3.25. The molecular weight excluding hydrogens is 272 g/mol. The number of hydrogen-bond donors (Lipinski definition) is 1. The van der Waals surface area contributed by atoms with Gasteiger partial charge in [-0.3, -0.25) is 0 Å². The van der Waals surface area contributed by atoms with Crippen LogP contribution in [0.25, 0.3) is 0 Å². The van der Waals surface area contributed by atoms with Crippen LogP contribution >= 0.6 is 0 Å². The first-order chi connectivity index (χ1) is 9.45. The summed E-state index contributed by atoms with van der Waals surface area (Å²) in [4.78, 5) is 0. The normalized spacial score (nSPS) is 25.8. The van der Waals surface area contributed by atoms with E-state index in [9.17, 15) is 8.42 Å². The van der Waals surface area contributed by atoms with Crippen molar-refractivity contribution in [2.24, 2.45) is 11.7 Å². The van der Waals surface area contributed by atoms with Crippen molar-refractivity contribution < 1.29 is 8.42 Å². The molecule has 3 atom stereocenters. The molecule has 0 saturated carbocycles. The molecule has 0 aromatic heterocycles. The molecule has 1 aliphatic heterocycles. The van der Waals surface area contributed by atoms with E-state index in [0.717, 1.165) is 12.0 Å². The van der Waals surface area contributed by atoms with Crippen LogP contribution < -0.4 is 5.73 Å². The molecule has 1 heterocycles. The van der Waals surface area contributed by atoms with Crippen molar-refractivity contribution in [2.75, 3.05) is 18.8 Å². The highest BCUT2D eigenvalue weighted by atomic mass is 32.2. The second-order valence-corrected chi connectivity index (χ2v) is 7.74. The van der Waals surface area contributed by atoms with Gasteiger partial charge in [0.2, 0.25) is 10.0 Å². The van der Waals surface area contributed by atoms with Gasteiger partial charge in [-0.15, -0.1) is 0 Å². The van der Waals surface area contributed by atoms with Crippen molar-refractivity contribution in [3.63, 3.8) is 0 Å². The summed E-state index contributed by atoms with van der Waals surface area (Å²) >= 11 is 0. The molecular formula is C15H24N2O2S. The minimum atomic E-state index is -3.25. The highest BCUT2D eigenvalue weighted by Crippen LogP contribution is 2.28. The zero-order valence-corrected chi connectivity index (χ0v) is 13.0. The molecule has 0 spiro atoms. The molecule has 0 aliphatic carbocycles. The van der Waals surface area contributed by atoms with Gasteiger partial charge >= 0.3 is 0 Å². The third-order valence-corrected chi connectivity index (χ3v) is 6.35. The highest BCUT2D eigenvalue weighted by Gasteiger charge is 2.38. The molecule has 0 amide bonds. The molecule has 2 rings (SSSR count). The first kappa shape index (κ1) is 15.5. The van der Waals surface area contributed by atoms with E-state index in [1.54, 1.807) is 4.31 Å². The van der Waals surface area contributed by atoms with Gasteiger partial charge in [0, 0.05) is 19.1 Å². The van der Waals surface area contributed by atoms with Crippen LogP contribution in [0.4, 0.5) is 0 Å². The van der Waals surface area contributed by atoms with E-state index in [4.69, 9.17) is 5.73 Å². The monoisotopic (exact) mass is 296 g/mol. The van der Waals surface area contributed by atoms with Crippen LogP contribution in [-0.4, -0.2) is 37.6 Å². The second kappa shape index (κ2) is 6.24. The second-order valence-electron chi connectivity index (χ2n) is 5.77. The maximum atomic E-state index is 12.6. The van der Waals surface area contributed by atoms with Crippen LogP contribution in [0.3, 0.4) is 0 Å². The summed E-state index contributed by atoms with van der Waals surface area (Å²) < 4.78 is 26.8. The Bertz CT molecular complexity index is 530. The first-order valence-electron chi connectivity index (χ1n) is 7.20. The SMILES string of the molecule is CC(CS(=O)(=O)N1CCC(C)C1CN)c1ccccc1. The summed E-state index contributed by atoms with van der Waals surface area (Å²) in [6.45, 7) is 5.05. The summed E-state index contributed by atoms with van der Waals surface area (Å²) in [5.41, 5.74) is 6.81. The van der Waals surface area contributed by atoms with Crippen LogP contribution in [-0.2, 0) is 10.0 Å². The number of benzene rings is 1. The maximum absolute atomic E-state index is 12.6. The van der Waals surface area contributed by atoms with Crippen molar-refractivity contribution >= 4 is 10.0 Å². The zero-order valence-electron chi connectivity index (χ0n) is 12.2. The summed E-state index contributed by atoms with van der Waals surface area (Å²) in [6, 6.07) is 9.75. The fourth-order valence-electron chi connectivity index (χ4n) is 2.96. The topological polar surface area (TPSA) is 63.4 Å². The number of nitrogens with two attached hydrogens (primary N) is 1. The van der Waals surface area contributed by atoms with E-state index in [0.29, 0.717) is 19.0 Å². The molecule has 1 aromatic carbocycles. The summed E-state index contributed by atoms with van der Waals surface area (Å²) in [5.74, 6) is 0.498. The summed E-state index contributed by atoms with van der Waals surface area (Å²) in [6.07, 6.45) is 0.904. The lowest BCUT2D eigenvalue weighted by atomic mass is 10.0. The van der Waals surface area contributed by atoms with Crippen molar-refractivity contribution in [3.8, 4) is 0 Å². The van der Waals surface area contributed by atoms with Gasteiger partial charge in [0.15, 0.2) is 0 Å². The van der Waals surface area contributed by atoms with Crippen LogP contribution in [0.1, 0.15) is 31.7 Å². The van der Waals surface area contributed by atoms with Crippen LogP contribution in [0.15, 0.2) is 30.3 Å². The number of nitrogens with zero attached hydrogens (tertiary/aromatic N) is 1. The minimum absolute atomic E-state index is 0.00414. The number of hydrogen-bond acceptors (Lipinski definition) is 3. The van der Waals surface area contributed by atoms with E-state index < -0.39 is 10.0 Å². The van der Waals surface area contributed by atoms with Gasteiger partial charge in [0.25, 0.3) is 0 Å². The van der Waals surface area contributed by atoms with Gasteiger partial charge in [-0.2, -0.15) is 4.31 Å². The van der Waals surface area contributed by atoms with Crippen LogP contribution in [0.5, 0.6) is 0 Å². The smallest absolute Gasteiger partial charge is 0.214 e. The lowest BCUT2D eigenvalue weighted by Gasteiger charge is -2.26. The number of rotatable bonds is 5. The van der Waals surface area contributed by atoms with E-state index in [2.05, 4.69) is 6.92 Å². The molecule has 112 valence electrons. The molecule has 4 nitrogen and oxygen atoms in total. The molecule has 1 fully saturated rings. The van der Waals surface area contributed by atoms with Crippen molar-refractivity contribution in [1.82, 2.24) is 4.31 Å². The Morgan fingerprint density at radius 2 is 2.00 bits per heavy atom. The maximum Gasteiger partial charge on any atom is 0.214 e. The lowest BCUT2D eigenvalue weighted by Crippen LogP contribution is -2.43. The third-order valence-electron chi connectivity index (χ3n) is 4.26. The van der Waals surface area contributed by atoms with E-state index in [1.165, 1.54) is 0 Å². The van der Waals surface area contributed by atoms with Gasteiger partial charge < -0.3 is 5.73 Å². The Hall–Kier alpha value is -0.910. The average Bonchev–Trinajstić information content (AvgIpc) is 2.81. The Balaban J connectivity index is 2.12. The van der Waals surface area contributed by atoms with E-state index in [-0.39, 0.29) is 17.7 Å². The highest BCUT2D eigenvalue weighted by molar-refractivity contribution is 7.89. The van der Waals surface area contributed by atoms with Gasteiger partial charge in [-0.05, 0) is 23.8 Å². The summed E-state index contributed by atoms with van der Waals surface area (Å²) in [5, 5.41) is 0. The fourth-order valence-corrected chi connectivity index (χ4v) is 5.06. The molecule has 5 heteroatoms. The molecule has 20 heavy (non-hydrogen) atoms. The zero-order chi connectivity index (χ0) is 14.8. The van der Waals surface area contributed by atoms with E-state index >= 15 is 0 Å². The quantitative estimate of drug-likeness (QED) is 0.901. The number of sulfonamides is 1. The predicted molar refractivity (Wildman–Crippen MR) is 82.0 cm³/mol. The van der Waals surface area contributed by atoms with Gasteiger partial charge in [0.1, 0.15) is 0 Å². The van der Waals surface area contributed by atoms with Crippen LogP contribution in [0.2, 0.25) is 0 Å². The van der Waals surface area contributed by atoms with Gasteiger partial charge in [-0.25, -0.2) is 8.42 Å². The van der Waals surface area contributed by atoms with Crippen molar-refractivity contribution in [2.45, 2.75) is 32.2 Å². The Kier molecular flexibility index (Phi) is 4.83. The molecule has 3 unspecified atom stereocenters. The van der Waals surface area contributed by atoms with Crippen LogP contribution in [0, 0.1) is 5.92 Å². The minimum Gasteiger partial charge on any atom is -0.329 e. The average molecular weight is 296 g/mol. The molecule has 0 bridgehead atoms. The molecule has 1 saturated heterocycles. The standard InChI is InChI=1S/C15H24N2O2S/c1-12-8-9-17(15(12)10-16)20(18,19)11-13(2)14-6-4-3-5-7-14/h3-7,12-13,15H,8-11,16H2,1-2H3. The Morgan fingerprint density at radius 1 is 1.35 bits per heavy atom. The van der Waals surface area contributed by atoms with E-state index in [1.807, 2.05) is 37.3 Å². The molecule has 0 radical (unpaired) electrons. The third kappa shape index (κ3) is 3.22. The lowest BCUT2D eigenvalue weighted by molar-refractivity contribution is 0.353. The fraction of sp³-hybridized carbons (Fsp3) is 0.600. The van der Waals surface area contributed by atoms with Crippen molar-refractivity contribution in [3.05, 3.63) is 35.9 Å². The Labute approximate surface area is 122 Å². The van der Waals surface area contributed by atoms with Crippen molar-refractivity contribution in [1.29, 1.82) is 0 Å². The first-order valence-corrected chi connectivity index (χ1v) is 8.81. The largest absolute Gasteiger partial charge is 0.329 e. The van der Waals surface area contributed by atoms with Gasteiger partial charge in [0.05, 0.1) is 5.75 Å². The predicted octanol–water partition coefficient (Wildman–Crippen LogP) is 1.79. The van der Waals surface area contributed by atoms with Gasteiger partial charge in [-0.1, -0.05) is 44.2 Å². The molecule has 1 aromatic rings. The molecule has 2 N–H and O–H groups in total.